The van der Waals surface area contributed by atoms with Crippen LogP contribution in [0.3, 0.4) is 0 Å². The third kappa shape index (κ3) is 4.44. The Hall–Kier alpha value is -0.200. The zero-order chi connectivity index (χ0) is 11.1. The molecule has 1 rings (SSSR count). The smallest absolute Gasteiger partial charge is 0.120 e. The summed E-state index contributed by atoms with van der Waals surface area (Å²) in [5, 5.41) is 18.6. The van der Waals surface area contributed by atoms with E-state index in [0.29, 0.717) is 13.1 Å². The number of methoxy groups -OCH3 is 1. The van der Waals surface area contributed by atoms with Crippen LogP contribution in [0.4, 0.5) is 0 Å². The van der Waals surface area contributed by atoms with Crippen LogP contribution < -0.4 is 0 Å². The minimum atomic E-state index is -0.437. The van der Waals surface area contributed by atoms with E-state index in [-0.39, 0.29) is 6.61 Å². The maximum atomic E-state index is 9.77. The molecule has 0 amide bonds. The maximum absolute atomic E-state index is 9.77. The van der Waals surface area contributed by atoms with E-state index in [9.17, 15) is 5.11 Å². The lowest BCUT2D eigenvalue weighted by molar-refractivity contribution is -0.0618. The second-order valence-electron chi connectivity index (χ2n) is 3.89. The fourth-order valence-electron chi connectivity index (χ4n) is 1.88. The Kier molecular flexibility index (Phi) is 6.12. The van der Waals surface area contributed by atoms with Crippen LogP contribution in [0, 0.1) is 0 Å². The molecule has 1 unspecified atom stereocenters. The molecule has 5 nitrogen and oxygen atoms in total. The minimum Gasteiger partial charge on any atom is -0.395 e. The monoisotopic (exact) mass is 218 g/mol. The Morgan fingerprint density at radius 3 is 2.73 bits per heavy atom. The van der Waals surface area contributed by atoms with Crippen molar-refractivity contribution in [3.05, 3.63) is 0 Å². The van der Waals surface area contributed by atoms with E-state index in [1.54, 1.807) is 7.11 Å². The fourth-order valence-corrected chi connectivity index (χ4v) is 1.88. The Morgan fingerprint density at radius 1 is 1.33 bits per heavy atom. The van der Waals surface area contributed by atoms with Crippen molar-refractivity contribution in [1.82, 2.24) is 9.80 Å². The number of piperazine rings is 1. The van der Waals surface area contributed by atoms with Gasteiger partial charge in [0.25, 0.3) is 0 Å². The van der Waals surface area contributed by atoms with E-state index < -0.39 is 6.23 Å². The van der Waals surface area contributed by atoms with Gasteiger partial charge in [-0.15, -0.1) is 0 Å². The highest BCUT2D eigenvalue weighted by atomic mass is 16.5. The van der Waals surface area contributed by atoms with Gasteiger partial charge < -0.3 is 14.9 Å². The van der Waals surface area contributed by atoms with Gasteiger partial charge in [0.15, 0.2) is 0 Å². The molecule has 2 N–H and O–H groups in total. The van der Waals surface area contributed by atoms with E-state index in [1.165, 1.54) is 0 Å². The van der Waals surface area contributed by atoms with Gasteiger partial charge in [0.2, 0.25) is 0 Å². The molecule has 15 heavy (non-hydrogen) atoms. The molecule has 5 heteroatoms. The summed E-state index contributed by atoms with van der Waals surface area (Å²) >= 11 is 0. The maximum Gasteiger partial charge on any atom is 0.120 e. The lowest BCUT2D eigenvalue weighted by Crippen LogP contribution is -2.53. The number of hydrogen-bond donors (Lipinski definition) is 2. The van der Waals surface area contributed by atoms with Crippen molar-refractivity contribution >= 4 is 0 Å². The molecule has 1 fully saturated rings. The molecule has 0 aromatic rings. The molecule has 1 heterocycles. The standard InChI is InChI=1S/C10H22N2O3/c1-15-8-2-3-11-4-5-12(6-7-13)10(14)9-11/h10,13-14H,2-9H2,1H3. The zero-order valence-corrected chi connectivity index (χ0v) is 9.43. The second-order valence-corrected chi connectivity index (χ2v) is 3.89. The SMILES string of the molecule is COCCCN1CCN(CCO)C(O)C1. The normalized spacial score (nSPS) is 24.6. The van der Waals surface area contributed by atoms with Gasteiger partial charge in [-0.25, -0.2) is 0 Å². The van der Waals surface area contributed by atoms with Crippen molar-refractivity contribution < 1.29 is 14.9 Å². The molecule has 0 aromatic heterocycles. The summed E-state index contributed by atoms with van der Waals surface area (Å²) in [6.07, 6.45) is 0.567. The third-order valence-electron chi connectivity index (χ3n) is 2.76. The highest BCUT2D eigenvalue weighted by Gasteiger charge is 2.23. The third-order valence-corrected chi connectivity index (χ3v) is 2.76. The van der Waals surface area contributed by atoms with Crippen LogP contribution in [-0.4, -0.2) is 79.3 Å². The van der Waals surface area contributed by atoms with Crippen LogP contribution in [0.1, 0.15) is 6.42 Å². The van der Waals surface area contributed by atoms with Gasteiger partial charge in [0, 0.05) is 46.4 Å². The van der Waals surface area contributed by atoms with E-state index in [1.807, 2.05) is 4.90 Å². The number of rotatable bonds is 6. The van der Waals surface area contributed by atoms with Crippen molar-refractivity contribution in [3.8, 4) is 0 Å². The Balaban J connectivity index is 2.18. The van der Waals surface area contributed by atoms with Crippen LogP contribution in [0.2, 0.25) is 0 Å². The average molecular weight is 218 g/mol. The first-order chi connectivity index (χ1) is 7.27. The van der Waals surface area contributed by atoms with E-state index in [4.69, 9.17) is 9.84 Å². The van der Waals surface area contributed by atoms with Gasteiger partial charge in [0.05, 0.1) is 6.61 Å². The molecule has 0 aromatic carbocycles. The number of hydrogen-bond acceptors (Lipinski definition) is 5. The largest absolute Gasteiger partial charge is 0.395 e. The zero-order valence-electron chi connectivity index (χ0n) is 9.43. The Labute approximate surface area is 91.2 Å². The summed E-state index contributed by atoms with van der Waals surface area (Å²) < 4.78 is 4.99. The van der Waals surface area contributed by atoms with Crippen molar-refractivity contribution in [2.24, 2.45) is 0 Å². The van der Waals surface area contributed by atoms with Gasteiger partial charge in [-0.2, -0.15) is 0 Å². The Bertz CT molecular complexity index is 169. The van der Waals surface area contributed by atoms with Gasteiger partial charge in [-0.1, -0.05) is 0 Å². The summed E-state index contributed by atoms with van der Waals surface area (Å²) in [5.74, 6) is 0. The summed E-state index contributed by atoms with van der Waals surface area (Å²) in [4.78, 5) is 4.14. The number of β-amino-alcohol motifs (C(OH)–C–C–N with tert-alkyl or cyclic N) is 2. The molecule has 1 aliphatic heterocycles. The molecule has 0 aliphatic carbocycles. The van der Waals surface area contributed by atoms with Gasteiger partial charge in [-0.3, -0.25) is 9.80 Å². The predicted molar refractivity (Wildman–Crippen MR) is 57.6 cm³/mol. The van der Waals surface area contributed by atoms with Crippen LogP contribution in [0.25, 0.3) is 0 Å². The molecule has 1 atom stereocenters. The van der Waals surface area contributed by atoms with Crippen molar-refractivity contribution in [3.63, 3.8) is 0 Å². The molecular weight excluding hydrogens is 196 g/mol. The number of ether oxygens (including phenoxy) is 1. The van der Waals surface area contributed by atoms with Crippen molar-refractivity contribution in [2.45, 2.75) is 12.6 Å². The molecule has 0 radical (unpaired) electrons. The summed E-state index contributed by atoms with van der Waals surface area (Å²) in [7, 11) is 1.70. The van der Waals surface area contributed by atoms with E-state index in [2.05, 4.69) is 4.90 Å². The first-order valence-electron chi connectivity index (χ1n) is 5.52. The van der Waals surface area contributed by atoms with Crippen LogP contribution in [-0.2, 0) is 4.74 Å². The molecule has 1 saturated heterocycles. The fraction of sp³-hybridized carbons (Fsp3) is 1.00. The lowest BCUT2D eigenvalue weighted by atomic mass is 10.2. The van der Waals surface area contributed by atoms with Gasteiger partial charge >= 0.3 is 0 Å². The van der Waals surface area contributed by atoms with Crippen LogP contribution >= 0.6 is 0 Å². The second kappa shape index (κ2) is 7.14. The summed E-state index contributed by atoms with van der Waals surface area (Å²) in [5.41, 5.74) is 0. The van der Waals surface area contributed by atoms with Crippen LogP contribution in [0.5, 0.6) is 0 Å². The molecule has 90 valence electrons. The quantitative estimate of drug-likeness (QED) is 0.557. The number of nitrogens with zero attached hydrogens (tertiary/aromatic N) is 2. The average Bonchev–Trinajstić information content (AvgIpc) is 2.23. The van der Waals surface area contributed by atoms with Gasteiger partial charge in [-0.05, 0) is 6.42 Å². The molecule has 0 saturated carbocycles. The number of aliphatic hydroxyl groups is 2. The first kappa shape index (κ1) is 12.9. The highest BCUT2D eigenvalue weighted by molar-refractivity contribution is 4.74. The van der Waals surface area contributed by atoms with Gasteiger partial charge in [0.1, 0.15) is 6.23 Å². The summed E-state index contributed by atoms with van der Waals surface area (Å²) in [6, 6.07) is 0. The molecular formula is C10H22N2O3. The lowest BCUT2D eigenvalue weighted by Gasteiger charge is -2.38. The van der Waals surface area contributed by atoms with Crippen molar-refractivity contribution in [1.29, 1.82) is 0 Å². The highest BCUT2D eigenvalue weighted by Crippen LogP contribution is 2.07. The molecule has 1 aliphatic rings. The number of aliphatic hydroxyl groups excluding tert-OH is 2. The molecule has 0 spiro atoms. The van der Waals surface area contributed by atoms with Crippen molar-refractivity contribution in [2.75, 3.05) is 53.0 Å². The Morgan fingerprint density at radius 2 is 2.13 bits per heavy atom. The first-order valence-corrected chi connectivity index (χ1v) is 5.52. The van der Waals surface area contributed by atoms with E-state index >= 15 is 0 Å². The topological polar surface area (TPSA) is 56.2 Å². The van der Waals surface area contributed by atoms with Crippen LogP contribution in [0.15, 0.2) is 0 Å². The predicted octanol–water partition coefficient (Wildman–Crippen LogP) is -1.05. The van der Waals surface area contributed by atoms with E-state index in [0.717, 1.165) is 32.7 Å². The summed E-state index contributed by atoms with van der Waals surface area (Å²) in [6.45, 7) is 4.87. The minimum absolute atomic E-state index is 0.112. The molecule has 0 bridgehead atoms.